The van der Waals surface area contributed by atoms with Crippen molar-refractivity contribution in [2.45, 2.75) is 12.1 Å². The number of carbonyl (C=O) groups excluding carboxylic acids is 1. The van der Waals surface area contributed by atoms with Crippen LogP contribution in [0.15, 0.2) is 70.5 Å². The van der Waals surface area contributed by atoms with Crippen LogP contribution in [0.25, 0.3) is 16.9 Å². The number of thioether (sulfide) groups is 1. The lowest BCUT2D eigenvalue weighted by atomic mass is 10.1. The quantitative estimate of drug-likeness (QED) is 0.226. The monoisotopic (exact) mass is 469 g/mol. The number of nitrogens with zero attached hydrogens (tertiary/aromatic N) is 4. The minimum absolute atomic E-state index is 0.0251. The summed E-state index contributed by atoms with van der Waals surface area (Å²) in [6.07, 6.45) is 1.62. The van der Waals surface area contributed by atoms with Crippen LogP contribution in [0, 0.1) is 17.0 Å². The lowest BCUT2D eigenvalue weighted by Gasteiger charge is -2.12. The van der Waals surface area contributed by atoms with Gasteiger partial charge in [0.15, 0.2) is 11.0 Å². The van der Waals surface area contributed by atoms with E-state index in [0.29, 0.717) is 33.0 Å². The van der Waals surface area contributed by atoms with E-state index in [0.717, 1.165) is 5.69 Å². The van der Waals surface area contributed by atoms with E-state index >= 15 is 0 Å². The number of carbonyl (C=O) groups is 1. The van der Waals surface area contributed by atoms with E-state index in [4.69, 9.17) is 16.1 Å². The molecule has 2 heterocycles. The number of amides is 1. The van der Waals surface area contributed by atoms with Crippen molar-refractivity contribution in [1.29, 1.82) is 0 Å². The summed E-state index contributed by atoms with van der Waals surface area (Å²) in [5.74, 6) is 0.732. The van der Waals surface area contributed by atoms with E-state index in [-0.39, 0.29) is 17.3 Å². The summed E-state index contributed by atoms with van der Waals surface area (Å²) in [6.45, 7) is 1.73. The van der Waals surface area contributed by atoms with E-state index in [1.165, 1.54) is 23.9 Å². The van der Waals surface area contributed by atoms with Gasteiger partial charge in [-0.3, -0.25) is 19.5 Å². The van der Waals surface area contributed by atoms with Crippen molar-refractivity contribution in [3.63, 3.8) is 0 Å². The summed E-state index contributed by atoms with van der Waals surface area (Å²) >= 11 is 7.26. The first-order chi connectivity index (χ1) is 15.4. The fraction of sp³-hybridized carbons (Fsp3) is 0.0952. The average Bonchev–Trinajstić information content (AvgIpc) is 3.39. The highest BCUT2D eigenvalue weighted by atomic mass is 35.5. The molecule has 2 aromatic carbocycles. The molecule has 4 aromatic rings. The normalized spacial score (nSPS) is 10.8. The van der Waals surface area contributed by atoms with Crippen LogP contribution in [0.4, 0.5) is 11.5 Å². The van der Waals surface area contributed by atoms with Gasteiger partial charge in [0.2, 0.25) is 5.91 Å². The van der Waals surface area contributed by atoms with Crippen LogP contribution in [0.3, 0.4) is 0 Å². The van der Waals surface area contributed by atoms with Gasteiger partial charge in [-0.05, 0) is 31.2 Å². The third-order valence-corrected chi connectivity index (χ3v) is 5.60. The molecule has 0 aliphatic carbocycles. The summed E-state index contributed by atoms with van der Waals surface area (Å²) in [6, 6.07) is 15.0. The number of nitro benzene ring substituents is 1. The van der Waals surface area contributed by atoms with Gasteiger partial charge >= 0.3 is 0 Å². The van der Waals surface area contributed by atoms with E-state index < -0.39 is 4.92 Å². The summed E-state index contributed by atoms with van der Waals surface area (Å²) in [7, 11) is 0. The first-order valence-electron chi connectivity index (χ1n) is 9.35. The Balaban J connectivity index is 1.65. The van der Waals surface area contributed by atoms with Gasteiger partial charge in [-0.2, -0.15) is 0 Å². The molecular weight excluding hydrogens is 454 g/mol. The number of hydrogen-bond donors (Lipinski definition) is 1. The predicted octanol–water partition coefficient (Wildman–Crippen LogP) is 5.13. The molecule has 11 heteroatoms. The third kappa shape index (κ3) is 4.82. The molecule has 0 unspecified atom stereocenters. The fourth-order valence-corrected chi connectivity index (χ4v) is 3.91. The number of non-ortho nitro benzene ring substituents is 1. The molecule has 0 aliphatic rings. The van der Waals surface area contributed by atoms with Gasteiger partial charge < -0.3 is 9.84 Å². The molecule has 2 aromatic heterocycles. The Kier molecular flexibility index (Phi) is 6.24. The van der Waals surface area contributed by atoms with Crippen LogP contribution in [0.1, 0.15) is 5.76 Å². The Labute approximate surface area is 191 Å². The van der Waals surface area contributed by atoms with Gasteiger partial charge in [-0.15, -0.1) is 0 Å². The first kappa shape index (κ1) is 21.6. The van der Waals surface area contributed by atoms with Gasteiger partial charge in [-0.25, -0.2) is 4.98 Å². The number of aryl methyl sites for hydroxylation is 1. The summed E-state index contributed by atoms with van der Waals surface area (Å²) in [5.41, 5.74) is 1.99. The molecule has 9 nitrogen and oxygen atoms in total. The molecule has 0 fully saturated rings. The predicted molar refractivity (Wildman–Crippen MR) is 121 cm³/mol. The molecule has 1 amide bonds. The molecule has 0 atom stereocenters. The van der Waals surface area contributed by atoms with E-state index in [9.17, 15) is 14.9 Å². The number of rotatable bonds is 7. The Morgan fingerprint density at radius 1 is 1.25 bits per heavy atom. The minimum atomic E-state index is -0.446. The molecule has 0 spiro atoms. The Hall–Kier alpha value is -3.63. The number of nitro groups is 1. The second kappa shape index (κ2) is 9.25. The van der Waals surface area contributed by atoms with Gasteiger partial charge in [0.05, 0.1) is 22.6 Å². The van der Waals surface area contributed by atoms with Gasteiger partial charge in [-0.1, -0.05) is 40.7 Å². The van der Waals surface area contributed by atoms with Crippen LogP contribution < -0.4 is 5.32 Å². The zero-order valence-corrected chi connectivity index (χ0v) is 18.3. The highest BCUT2D eigenvalue weighted by molar-refractivity contribution is 7.99. The number of aromatic nitrogens is 3. The maximum absolute atomic E-state index is 12.3. The van der Waals surface area contributed by atoms with Crippen molar-refractivity contribution in [3.8, 4) is 16.9 Å². The number of anilines is 1. The Bertz CT molecular complexity index is 1290. The summed E-state index contributed by atoms with van der Waals surface area (Å²) in [4.78, 5) is 27.6. The van der Waals surface area contributed by atoms with Crippen molar-refractivity contribution >= 4 is 40.8 Å². The molecule has 0 bridgehead atoms. The van der Waals surface area contributed by atoms with Crippen LogP contribution >= 0.6 is 23.4 Å². The number of halogens is 1. The maximum atomic E-state index is 12.3. The number of imidazole rings is 1. The van der Waals surface area contributed by atoms with Crippen LogP contribution in [0.5, 0.6) is 0 Å². The number of benzene rings is 2. The molecule has 0 saturated heterocycles. The Morgan fingerprint density at radius 2 is 2.03 bits per heavy atom. The largest absolute Gasteiger partial charge is 0.360 e. The number of nitrogens with one attached hydrogen (secondary N) is 1. The lowest BCUT2D eigenvalue weighted by molar-refractivity contribution is -0.384. The first-order valence-corrected chi connectivity index (χ1v) is 10.7. The smallest absolute Gasteiger partial charge is 0.270 e. The Morgan fingerprint density at radius 3 is 2.72 bits per heavy atom. The molecule has 4 rings (SSSR count). The van der Waals surface area contributed by atoms with Crippen molar-refractivity contribution in [2.24, 2.45) is 0 Å². The van der Waals surface area contributed by atoms with Crippen LogP contribution in [-0.2, 0) is 4.79 Å². The highest BCUT2D eigenvalue weighted by Gasteiger charge is 2.18. The van der Waals surface area contributed by atoms with Crippen LogP contribution in [-0.4, -0.2) is 31.3 Å². The van der Waals surface area contributed by atoms with Crippen molar-refractivity contribution in [1.82, 2.24) is 14.7 Å². The van der Waals surface area contributed by atoms with E-state index in [2.05, 4.69) is 15.5 Å². The molecular formula is C21H16ClN5O4S. The van der Waals surface area contributed by atoms with Gasteiger partial charge in [0.25, 0.3) is 5.69 Å². The summed E-state index contributed by atoms with van der Waals surface area (Å²) < 4.78 is 6.77. The van der Waals surface area contributed by atoms with Gasteiger partial charge in [0.1, 0.15) is 5.76 Å². The second-order valence-corrected chi connectivity index (χ2v) is 8.08. The molecule has 0 radical (unpaired) electrons. The van der Waals surface area contributed by atoms with Gasteiger partial charge in [0, 0.05) is 34.5 Å². The molecule has 162 valence electrons. The average molecular weight is 470 g/mol. The van der Waals surface area contributed by atoms with Crippen LogP contribution in [0.2, 0.25) is 5.02 Å². The van der Waals surface area contributed by atoms with Crippen molar-refractivity contribution < 1.29 is 14.2 Å². The third-order valence-electron chi connectivity index (χ3n) is 4.39. The highest BCUT2D eigenvalue weighted by Crippen LogP contribution is 2.32. The van der Waals surface area contributed by atoms with E-state index in [1.807, 2.05) is 16.7 Å². The minimum Gasteiger partial charge on any atom is -0.360 e. The molecule has 0 saturated carbocycles. The SMILES string of the molecule is Cc1cc(NC(=O)CSc2ncc(-c3cccc([N+](=O)[O-])c3)n2-c2ccc(Cl)cc2)no1. The lowest BCUT2D eigenvalue weighted by Crippen LogP contribution is -2.14. The topological polar surface area (TPSA) is 116 Å². The summed E-state index contributed by atoms with van der Waals surface area (Å²) in [5, 5.41) is 18.7. The number of hydrogen-bond acceptors (Lipinski definition) is 7. The van der Waals surface area contributed by atoms with E-state index in [1.54, 1.807) is 43.5 Å². The standard InChI is InChI=1S/C21H16ClN5O4S/c1-13-9-19(25-31-13)24-20(28)12-32-21-23-11-18(14-3-2-4-17(10-14)27(29)30)26(21)16-7-5-15(22)6-8-16/h2-11H,12H2,1H3,(H,24,25,28). The fourth-order valence-electron chi connectivity index (χ4n) is 2.99. The van der Waals surface area contributed by atoms with Crippen molar-refractivity contribution in [3.05, 3.63) is 81.7 Å². The molecule has 0 aliphatic heterocycles. The zero-order valence-electron chi connectivity index (χ0n) is 16.7. The van der Waals surface area contributed by atoms with Crippen molar-refractivity contribution in [2.75, 3.05) is 11.1 Å². The molecule has 1 N–H and O–H groups in total. The maximum Gasteiger partial charge on any atom is 0.270 e. The molecule has 32 heavy (non-hydrogen) atoms. The zero-order chi connectivity index (χ0) is 22.7. The second-order valence-electron chi connectivity index (χ2n) is 6.70.